The highest BCUT2D eigenvalue weighted by molar-refractivity contribution is 5.94. The molecular formula is C18H16FN3O4. The first-order valence-electron chi connectivity index (χ1n) is 7.84. The Kier molecular flexibility index (Phi) is 4.83. The second kappa shape index (κ2) is 7.22. The zero-order valence-electron chi connectivity index (χ0n) is 13.9. The molecule has 0 aliphatic heterocycles. The van der Waals surface area contributed by atoms with Crippen molar-refractivity contribution in [2.45, 2.75) is 6.54 Å². The van der Waals surface area contributed by atoms with Gasteiger partial charge in [-0.15, -0.1) is 0 Å². The summed E-state index contributed by atoms with van der Waals surface area (Å²) in [4.78, 5) is 38.3. The third-order valence-electron chi connectivity index (χ3n) is 3.91. The number of hydrogen-bond donors (Lipinski definition) is 2. The van der Waals surface area contributed by atoms with Crippen molar-refractivity contribution < 1.29 is 13.9 Å². The van der Waals surface area contributed by atoms with Gasteiger partial charge in [0.05, 0.1) is 18.1 Å². The number of benzene rings is 2. The zero-order valence-corrected chi connectivity index (χ0v) is 13.9. The Morgan fingerprint density at radius 1 is 1.19 bits per heavy atom. The van der Waals surface area contributed by atoms with Crippen molar-refractivity contribution in [2.75, 3.05) is 13.7 Å². The van der Waals surface area contributed by atoms with Crippen molar-refractivity contribution in [3.05, 3.63) is 74.6 Å². The fourth-order valence-corrected chi connectivity index (χ4v) is 2.60. The van der Waals surface area contributed by atoms with Crippen LogP contribution in [0.2, 0.25) is 0 Å². The molecule has 2 N–H and O–H groups in total. The predicted molar refractivity (Wildman–Crippen MR) is 94.1 cm³/mol. The number of fused-ring (bicyclic) bond motifs is 1. The van der Waals surface area contributed by atoms with E-state index in [9.17, 15) is 18.8 Å². The predicted octanol–water partition coefficient (Wildman–Crippen LogP) is 1.27. The van der Waals surface area contributed by atoms with E-state index in [1.807, 2.05) is 0 Å². The average Bonchev–Trinajstić information content (AvgIpc) is 2.64. The molecule has 0 saturated carbocycles. The number of hydrogen-bond acceptors (Lipinski definition) is 4. The maximum Gasteiger partial charge on any atom is 0.316 e. The normalized spacial score (nSPS) is 10.7. The van der Waals surface area contributed by atoms with E-state index >= 15 is 0 Å². The molecule has 0 atom stereocenters. The molecule has 1 aromatic heterocycles. The fraction of sp³-hybridized carbons (Fsp3) is 0.167. The first-order valence-corrected chi connectivity index (χ1v) is 7.84. The van der Waals surface area contributed by atoms with Crippen LogP contribution in [0.15, 0.2) is 52.1 Å². The Balaban J connectivity index is 1.77. The molecule has 134 valence electrons. The van der Waals surface area contributed by atoms with Gasteiger partial charge in [0.1, 0.15) is 11.6 Å². The first-order chi connectivity index (χ1) is 12.5. The molecule has 1 heterocycles. The van der Waals surface area contributed by atoms with Gasteiger partial charge in [-0.25, -0.2) is 4.39 Å². The number of halogens is 1. The van der Waals surface area contributed by atoms with Crippen LogP contribution in [0.4, 0.5) is 4.39 Å². The van der Waals surface area contributed by atoms with E-state index in [1.165, 1.54) is 23.8 Å². The van der Waals surface area contributed by atoms with E-state index in [4.69, 9.17) is 4.74 Å². The molecule has 0 aliphatic carbocycles. The summed E-state index contributed by atoms with van der Waals surface area (Å²) in [6.07, 6.45) is 0. The highest BCUT2D eigenvalue weighted by Gasteiger charge is 2.10. The molecule has 0 bridgehead atoms. The van der Waals surface area contributed by atoms with E-state index in [2.05, 4.69) is 10.3 Å². The Labute approximate surface area is 147 Å². The molecule has 2 aromatic carbocycles. The quantitative estimate of drug-likeness (QED) is 0.673. The molecule has 0 fully saturated rings. The maximum atomic E-state index is 13.3. The van der Waals surface area contributed by atoms with Crippen LogP contribution in [0.1, 0.15) is 10.4 Å². The summed E-state index contributed by atoms with van der Waals surface area (Å²) in [6, 6.07) is 10.3. The molecule has 0 unspecified atom stereocenters. The number of methoxy groups -OCH3 is 1. The summed E-state index contributed by atoms with van der Waals surface area (Å²) in [5, 5.41) is 2.68. The first kappa shape index (κ1) is 17.4. The Bertz CT molecular complexity index is 1070. The fourth-order valence-electron chi connectivity index (χ4n) is 2.60. The van der Waals surface area contributed by atoms with Gasteiger partial charge in [-0.05, 0) is 42.5 Å². The molecule has 0 aliphatic rings. The summed E-state index contributed by atoms with van der Waals surface area (Å²) < 4.78 is 19.6. The molecule has 7 nitrogen and oxygen atoms in total. The van der Waals surface area contributed by atoms with Crippen LogP contribution >= 0.6 is 0 Å². The topological polar surface area (TPSA) is 93.2 Å². The second-order valence-electron chi connectivity index (χ2n) is 5.56. The average molecular weight is 357 g/mol. The van der Waals surface area contributed by atoms with Gasteiger partial charge in [0.15, 0.2) is 0 Å². The monoisotopic (exact) mass is 357 g/mol. The number of carbonyl (C=O) groups excluding carboxylic acids is 1. The van der Waals surface area contributed by atoms with Crippen LogP contribution in [0.3, 0.4) is 0 Å². The molecule has 3 rings (SSSR count). The van der Waals surface area contributed by atoms with Gasteiger partial charge in [0, 0.05) is 18.7 Å². The SMILES string of the molecule is COc1ccc(C(=O)NCCn2c(=O)c(=O)[nH]c3cc(F)ccc32)cc1. The number of aromatic amines is 1. The summed E-state index contributed by atoms with van der Waals surface area (Å²) in [5.74, 6) is -0.206. The van der Waals surface area contributed by atoms with Crippen molar-refractivity contribution in [1.29, 1.82) is 0 Å². The number of amides is 1. The lowest BCUT2D eigenvalue weighted by Crippen LogP contribution is -2.39. The van der Waals surface area contributed by atoms with E-state index in [1.54, 1.807) is 24.3 Å². The van der Waals surface area contributed by atoms with Gasteiger partial charge in [0.25, 0.3) is 5.91 Å². The van der Waals surface area contributed by atoms with Gasteiger partial charge in [0.2, 0.25) is 0 Å². The summed E-state index contributed by atoms with van der Waals surface area (Å²) in [5.41, 5.74) is -0.561. The lowest BCUT2D eigenvalue weighted by molar-refractivity contribution is 0.0952. The number of nitrogens with zero attached hydrogens (tertiary/aromatic N) is 1. The smallest absolute Gasteiger partial charge is 0.316 e. The van der Waals surface area contributed by atoms with Crippen LogP contribution in [-0.4, -0.2) is 29.1 Å². The van der Waals surface area contributed by atoms with Crippen molar-refractivity contribution in [2.24, 2.45) is 0 Å². The van der Waals surface area contributed by atoms with Crippen LogP contribution < -0.4 is 21.2 Å². The van der Waals surface area contributed by atoms with Gasteiger partial charge < -0.3 is 19.6 Å². The highest BCUT2D eigenvalue weighted by Crippen LogP contribution is 2.12. The lowest BCUT2D eigenvalue weighted by atomic mass is 10.2. The molecule has 1 amide bonds. The molecule has 26 heavy (non-hydrogen) atoms. The van der Waals surface area contributed by atoms with Gasteiger partial charge in [-0.3, -0.25) is 14.4 Å². The molecular weight excluding hydrogens is 341 g/mol. The van der Waals surface area contributed by atoms with Crippen molar-refractivity contribution >= 4 is 16.9 Å². The molecule has 3 aromatic rings. The number of carbonyl (C=O) groups is 1. The number of aromatic nitrogens is 2. The van der Waals surface area contributed by atoms with Crippen LogP contribution in [0, 0.1) is 5.82 Å². The zero-order chi connectivity index (χ0) is 18.7. The summed E-state index contributed by atoms with van der Waals surface area (Å²) in [7, 11) is 1.53. The molecule has 8 heteroatoms. The van der Waals surface area contributed by atoms with E-state index in [0.29, 0.717) is 16.8 Å². The largest absolute Gasteiger partial charge is 0.497 e. The number of nitrogens with one attached hydrogen (secondary N) is 2. The Hall–Kier alpha value is -3.42. The second-order valence-corrected chi connectivity index (χ2v) is 5.56. The standard InChI is InChI=1S/C18H16FN3O4/c1-26-13-5-2-11(3-6-13)16(23)20-8-9-22-15-7-4-12(19)10-14(15)21-17(24)18(22)25/h2-7,10H,8-9H2,1H3,(H,20,23)(H,21,24). The van der Waals surface area contributed by atoms with Crippen LogP contribution in [0.5, 0.6) is 5.75 Å². The maximum absolute atomic E-state index is 13.3. The number of H-pyrrole nitrogens is 1. The minimum atomic E-state index is -0.843. The van der Waals surface area contributed by atoms with E-state index in [-0.39, 0.29) is 24.5 Å². The number of rotatable bonds is 5. The van der Waals surface area contributed by atoms with Gasteiger partial charge >= 0.3 is 11.1 Å². The number of ether oxygens (including phenoxy) is 1. The van der Waals surface area contributed by atoms with Crippen LogP contribution in [-0.2, 0) is 6.54 Å². The minimum absolute atomic E-state index is 0.0762. The Morgan fingerprint density at radius 3 is 2.62 bits per heavy atom. The van der Waals surface area contributed by atoms with E-state index < -0.39 is 16.9 Å². The van der Waals surface area contributed by atoms with Gasteiger partial charge in [-0.2, -0.15) is 0 Å². The van der Waals surface area contributed by atoms with Crippen molar-refractivity contribution in [3.8, 4) is 5.75 Å². The summed E-state index contributed by atoms with van der Waals surface area (Å²) in [6.45, 7) is 0.202. The molecule has 0 spiro atoms. The highest BCUT2D eigenvalue weighted by atomic mass is 19.1. The minimum Gasteiger partial charge on any atom is -0.497 e. The lowest BCUT2D eigenvalue weighted by Gasteiger charge is -2.11. The van der Waals surface area contributed by atoms with Crippen molar-refractivity contribution in [3.63, 3.8) is 0 Å². The molecule has 0 radical (unpaired) electrons. The molecule has 0 saturated heterocycles. The van der Waals surface area contributed by atoms with Crippen molar-refractivity contribution in [1.82, 2.24) is 14.9 Å². The third-order valence-corrected chi connectivity index (χ3v) is 3.91. The third kappa shape index (κ3) is 3.49. The Morgan fingerprint density at radius 2 is 1.92 bits per heavy atom. The van der Waals surface area contributed by atoms with Gasteiger partial charge in [-0.1, -0.05) is 0 Å². The van der Waals surface area contributed by atoms with E-state index in [0.717, 1.165) is 6.07 Å². The van der Waals surface area contributed by atoms with Crippen LogP contribution in [0.25, 0.3) is 11.0 Å². The summed E-state index contributed by atoms with van der Waals surface area (Å²) >= 11 is 0.